The van der Waals surface area contributed by atoms with Gasteiger partial charge >= 0.3 is 196 Å². The van der Waals surface area contributed by atoms with Gasteiger partial charge in [-0.2, -0.15) is 0 Å². The fourth-order valence-electron chi connectivity index (χ4n) is 5.42. The fraction of sp³-hybridized carbons (Fsp3) is 0. The molecule has 0 fully saturated rings. The van der Waals surface area contributed by atoms with Gasteiger partial charge in [0.2, 0.25) is 0 Å². The molecule has 0 N–H and O–H groups in total. The van der Waals surface area contributed by atoms with Gasteiger partial charge in [-0.05, 0) is 0 Å². The molecule has 0 saturated heterocycles. The molecule has 0 aliphatic carbocycles. The quantitative estimate of drug-likeness (QED) is 0.249. The maximum absolute atomic E-state index is 5.07. The molecule has 3 heterocycles. The van der Waals surface area contributed by atoms with Crippen LogP contribution in [0.1, 0.15) is 0 Å². The Hall–Kier alpha value is -3.78. The number of fused-ring (bicyclic) bond motifs is 9. The normalized spacial score (nSPS) is 12.7. The van der Waals surface area contributed by atoms with Gasteiger partial charge in [0.05, 0.1) is 0 Å². The first-order valence-corrected chi connectivity index (χ1v) is 12.8. The third-order valence-electron chi connectivity index (χ3n) is 6.81. The zero-order valence-corrected chi connectivity index (χ0v) is 19.3. The Bertz CT molecular complexity index is 2030. The van der Waals surface area contributed by atoms with Crippen LogP contribution in [-0.4, -0.2) is 14.5 Å². The van der Waals surface area contributed by atoms with E-state index >= 15 is 0 Å². The molecule has 33 heavy (non-hydrogen) atoms. The van der Waals surface area contributed by atoms with Gasteiger partial charge in [-0.25, -0.2) is 0 Å². The minimum atomic E-state index is 0.348. The van der Waals surface area contributed by atoms with Gasteiger partial charge in [-0.15, -0.1) is 0 Å². The van der Waals surface area contributed by atoms with E-state index in [1.165, 1.54) is 52.0 Å². The molecule has 3 heteroatoms. The van der Waals surface area contributed by atoms with E-state index in [9.17, 15) is 0 Å². The molecule has 6 aromatic rings. The second-order valence-corrected chi connectivity index (χ2v) is 10.8. The zero-order valence-electron chi connectivity index (χ0n) is 17.5. The first kappa shape index (κ1) is 17.7. The average Bonchev–Trinajstić information content (AvgIpc) is 3.54. The number of para-hydroxylation sites is 1. The van der Waals surface area contributed by atoms with Crippen molar-refractivity contribution in [2.45, 2.75) is 0 Å². The Kier molecular flexibility index (Phi) is 3.43. The monoisotopic (exact) mass is 484 g/mol. The molecule has 0 unspecified atom stereocenters. The van der Waals surface area contributed by atoms with Crippen LogP contribution in [0.15, 0.2) is 107 Å². The van der Waals surface area contributed by atoms with Gasteiger partial charge in [0.15, 0.2) is 0 Å². The predicted molar refractivity (Wildman–Crippen MR) is 135 cm³/mol. The first-order chi connectivity index (χ1) is 16.4. The number of benzene rings is 5. The van der Waals surface area contributed by atoms with Crippen LogP contribution in [0.4, 0.5) is 11.4 Å². The van der Waals surface area contributed by atoms with Crippen LogP contribution >= 0.6 is 0 Å². The third-order valence-corrected chi connectivity index (χ3v) is 9.19. The van der Waals surface area contributed by atoms with Gasteiger partial charge in [0.1, 0.15) is 0 Å². The Labute approximate surface area is 195 Å². The zero-order chi connectivity index (χ0) is 21.5. The van der Waals surface area contributed by atoms with Crippen LogP contribution in [0.3, 0.4) is 0 Å². The molecular formula is C30H16N2Se. The van der Waals surface area contributed by atoms with Crippen LogP contribution in [0.2, 0.25) is 0 Å². The summed E-state index contributed by atoms with van der Waals surface area (Å²) in [6, 6.07) is 34.9. The summed E-state index contributed by atoms with van der Waals surface area (Å²) >= 11 is 0.348. The minimum absolute atomic E-state index is 0.348. The van der Waals surface area contributed by atoms with Crippen molar-refractivity contribution in [3.63, 3.8) is 0 Å². The molecule has 1 aromatic heterocycles. The molecule has 152 valence electrons. The summed E-state index contributed by atoms with van der Waals surface area (Å²) in [5, 5.41) is 7.25. The molecule has 2 aliphatic rings. The predicted octanol–water partition coefficient (Wildman–Crippen LogP) is 6.20. The summed E-state index contributed by atoms with van der Waals surface area (Å²) in [5.74, 6) is 0. The molecule has 0 atom stereocenters. The average molecular weight is 483 g/mol. The van der Waals surface area contributed by atoms with Crippen molar-refractivity contribution in [1.29, 1.82) is 0 Å². The van der Waals surface area contributed by atoms with Gasteiger partial charge in [-0.3, -0.25) is 0 Å². The number of hydrogen-bond donors (Lipinski definition) is 0. The summed E-state index contributed by atoms with van der Waals surface area (Å²) < 4.78 is 2.93. The molecular weight excluding hydrogens is 467 g/mol. The number of nitrogens with zero attached hydrogens (tertiary/aromatic N) is 2. The SMILES string of the molecule is c1cc2c(c(-c3cccc4[se]c5ccccc5c34)c1)-c1c3c(ccc1=N2)=c1ccccc1=N3. The Morgan fingerprint density at radius 2 is 1.33 bits per heavy atom. The van der Waals surface area contributed by atoms with Crippen LogP contribution < -0.4 is 10.7 Å². The van der Waals surface area contributed by atoms with E-state index in [0.29, 0.717) is 14.5 Å². The van der Waals surface area contributed by atoms with Crippen LogP contribution in [-0.2, 0) is 0 Å². The summed E-state index contributed by atoms with van der Waals surface area (Å²) in [6.07, 6.45) is 0. The fourth-order valence-corrected chi connectivity index (χ4v) is 7.80. The van der Waals surface area contributed by atoms with Gasteiger partial charge in [-0.1, -0.05) is 0 Å². The third kappa shape index (κ3) is 2.33. The second kappa shape index (κ2) is 6.39. The second-order valence-electron chi connectivity index (χ2n) is 8.57. The van der Waals surface area contributed by atoms with E-state index in [1.807, 2.05) is 0 Å². The molecule has 8 rings (SSSR count). The number of rotatable bonds is 1. The van der Waals surface area contributed by atoms with Crippen molar-refractivity contribution in [2.24, 2.45) is 9.98 Å². The van der Waals surface area contributed by atoms with E-state index in [1.54, 1.807) is 0 Å². The summed E-state index contributed by atoms with van der Waals surface area (Å²) in [7, 11) is 0. The standard InChI is InChI=1S/C30H16N2Se/c1-3-11-22-17(7-1)20-15-16-24-29(30(20)32-22)28-19(9-5-12-23(28)31-24)18-10-6-14-26-27(18)21-8-2-4-13-25(21)33-26/h1-16H. The summed E-state index contributed by atoms with van der Waals surface area (Å²) in [5.41, 5.74) is 7.03. The topological polar surface area (TPSA) is 24.7 Å². The van der Waals surface area contributed by atoms with Gasteiger partial charge in [0.25, 0.3) is 0 Å². The molecule has 2 aliphatic heterocycles. The van der Waals surface area contributed by atoms with Crippen molar-refractivity contribution >= 4 is 45.2 Å². The first-order valence-electron chi connectivity index (χ1n) is 11.1. The van der Waals surface area contributed by atoms with Crippen molar-refractivity contribution < 1.29 is 0 Å². The van der Waals surface area contributed by atoms with Crippen LogP contribution in [0, 0.1) is 10.4 Å². The molecule has 0 radical (unpaired) electrons. The van der Waals surface area contributed by atoms with E-state index in [-0.39, 0.29) is 0 Å². The van der Waals surface area contributed by atoms with Crippen LogP contribution in [0.25, 0.3) is 41.5 Å². The molecule has 5 aromatic carbocycles. The van der Waals surface area contributed by atoms with Crippen molar-refractivity contribution in [1.82, 2.24) is 0 Å². The van der Waals surface area contributed by atoms with E-state index in [4.69, 9.17) is 9.98 Å². The van der Waals surface area contributed by atoms with Crippen molar-refractivity contribution in [3.8, 4) is 22.3 Å². The molecule has 0 spiro atoms. The van der Waals surface area contributed by atoms with Gasteiger partial charge in [0, 0.05) is 0 Å². The molecule has 0 bridgehead atoms. The van der Waals surface area contributed by atoms with Crippen molar-refractivity contribution in [3.05, 3.63) is 118 Å². The summed E-state index contributed by atoms with van der Waals surface area (Å²) in [4.78, 5) is 10.1. The summed E-state index contributed by atoms with van der Waals surface area (Å²) in [6.45, 7) is 0. The van der Waals surface area contributed by atoms with E-state index < -0.39 is 0 Å². The van der Waals surface area contributed by atoms with E-state index in [0.717, 1.165) is 22.1 Å². The Balaban J connectivity index is 1.51. The van der Waals surface area contributed by atoms with Crippen LogP contribution in [0.5, 0.6) is 0 Å². The van der Waals surface area contributed by atoms with Gasteiger partial charge < -0.3 is 0 Å². The maximum atomic E-state index is 5.07. The van der Waals surface area contributed by atoms with E-state index in [2.05, 4.69) is 97.1 Å². The molecule has 0 amide bonds. The molecule has 2 nitrogen and oxygen atoms in total. The van der Waals surface area contributed by atoms with Crippen molar-refractivity contribution in [2.75, 3.05) is 0 Å². The molecule has 0 saturated carbocycles. The number of hydrogen-bond acceptors (Lipinski definition) is 2. The Morgan fingerprint density at radius 3 is 2.33 bits per heavy atom. The Morgan fingerprint density at radius 1 is 0.515 bits per heavy atom.